The second-order valence-electron chi connectivity index (χ2n) is 7.66. The summed E-state index contributed by atoms with van der Waals surface area (Å²) in [6.07, 6.45) is 1.73. The molecule has 0 aliphatic heterocycles. The Bertz CT molecular complexity index is 1380. The Kier molecular flexibility index (Phi) is 4.75. The average molecular weight is 428 g/mol. The zero-order valence-electron chi connectivity index (χ0n) is 17.5. The number of para-hydroxylation sites is 1. The van der Waals surface area contributed by atoms with Gasteiger partial charge in [-0.05, 0) is 37.6 Å². The number of thiazole rings is 1. The number of fused-ring (bicyclic) bond motifs is 2. The van der Waals surface area contributed by atoms with E-state index in [1.54, 1.807) is 18.1 Å². The maximum Gasteiger partial charge on any atom is 0.260 e. The first-order valence-electron chi connectivity index (χ1n) is 10.0. The number of nitrogens with zero attached hydrogens (tertiary/aromatic N) is 5. The van der Waals surface area contributed by atoms with Crippen molar-refractivity contribution in [3.05, 3.63) is 83.2 Å². The lowest BCUT2D eigenvalue weighted by Crippen LogP contribution is -2.26. The van der Waals surface area contributed by atoms with Crippen molar-refractivity contribution in [1.82, 2.24) is 19.7 Å². The van der Waals surface area contributed by atoms with Crippen LogP contribution in [0.5, 0.6) is 0 Å². The van der Waals surface area contributed by atoms with E-state index in [1.807, 2.05) is 41.9 Å². The summed E-state index contributed by atoms with van der Waals surface area (Å²) in [5, 5.41) is 5.95. The molecule has 0 N–H and O–H groups in total. The summed E-state index contributed by atoms with van der Waals surface area (Å²) in [4.78, 5) is 24.3. The van der Waals surface area contributed by atoms with Gasteiger partial charge in [0.1, 0.15) is 0 Å². The molecule has 0 fully saturated rings. The maximum atomic E-state index is 13.4. The third-order valence-electron chi connectivity index (χ3n) is 5.29. The molecule has 0 saturated heterocycles. The fourth-order valence-electron chi connectivity index (χ4n) is 3.60. The number of hydrogen-bond donors (Lipinski definition) is 0. The van der Waals surface area contributed by atoms with E-state index in [1.165, 1.54) is 16.9 Å². The Labute approximate surface area is 183 Å². The molecule has 0 unspecified atom stereocenters. The predicted molar refractivity (Wildman–Crippen MR) is 125 cm³/mol. The smallest absolute Gasteiger partial charge is 0.260 e. The summed E-state index contributed by atoms with van der Waals surface area (Å²) in [5.74, 6) is -0.121. The van der Waals surface area contributed by atoms with Crippen molar-refractivity contribution in [2.24, 2.45) is 0 Å². The molecule has 0 aliphatic carbocycles. The number of benzene rings is 2. The molecule has 5 aromatic rings. The summed E-state index contributed by atoms with van der Waals surface area (Å²) in [5.41, 5.74) is 5.32. The number of rotatable bonds is 4. The van der Waals surface area contributed by atoms with E-state index in [0.717, 1.165) is 26.9 Å². The van der Waals surface area contributed by atoms with Crippen LogP contribution in [-0.2, 0) is 6.54 Å². The first-order chi connectivity index (χ1) is 15.0. The second-order valence-corrected chi connectivity index (χ2v) is 8.67. The average Bonchev–Trinajstić information content (AvgIpc) is 3.38. The van der Waals surface area contributed by atoms with Crippen LogP contribution >= 0.6 is 11.3 Å². The lowest BCUT2D eigenvalue weighted by atomic mass is 10.1. The van der Waals surface area contributed by atoms with Crippen molar-refractivity contribution in [2.45, 2.75) is 20.4 Å². The van der Waals surface area contributed by atoms with Crippen LogP contribution in [0, 0.1) is 13.8 Å². The summed E-state index contributed by atoms with van der Waals surface area (Å²) in [7, 11) is 1.76. The molecule has 1 amide bonds. The molecule has 31 heavy (non-hydrogen) atoms. The topological polar surface area (TPSA) is 63.9 Å². The van der Waals surface area contributed by atoms with Gasteiger partial charge in [0.15, 0.2) is 10.8 Å². The van der Waals surface area contributed by atoms with Crippen LogP contribution in [0.1, 0.15) is 27.2 Å². The van der Waals surface area contributed by atoms with Gasteiger partial charge in [0.2, 0.25) is 0 Å². The van der Waals surface area contributed by atoms with E-state index in [2.05, 4.69) is 46.3 Å². The minimum atomic E-state index is -0.121. The third-order valence-corrected chi connectivity index (χ3v) is 6.41. The molecule has 0 aliphatic rings. The summed E-state index contributed by atoms with van der Waals surface area (Å²) >= 11 is 1.50. The van der Waals surface area contributed by atoms with Crippen LogP contribution < -0.4 is 4.90 Å². The van der Waals surface area contributed by atoms with Gasteiger partial charge in [0.05, 0.1) is 33.9 Å². The van der Waals surface area contributed by atoms with Crippen LogP contribution in [0.25, 0.3) is 21.3 Å². The molecule has 5 rings (SSSR count). The number of aryl methyl sites for hydroxylation is 2. The first-order valence-corrected chi connectivity index (χ1v) is 10.8. The molecule has 0 bridgehead atoms. The zero-order chi connectivity index (χ0) is 21.5. The highest BCUT2D eigenvalue weighted by Gasteiger charge is 2.22. The van der Waals surface area contributed by atoms with E-state index >= 15 is 0 Å². The van der Waals surface area contributed by atoms with E-state index in [9.17, 15) is 4.79 Å². The molecule has 6 nitrogen and oxygen atoms in total. The summed E-state index contributed by atoms with van der Waals surface area (Å²) in [6.45, 7) is 4.57. The molecule has 7 heteroatoms. The van der Waals surface area contributed by atoms with Crippen LogP contribution in [0.2, 0.25) is 0 Å². The van der Waals surface area contributed by atoms with Gasteiger partial charge >= 0.3 is 0 Å². The Morgan fingerprint density at radius 1 is 1.06 bits per heavy atom. The van der Waals surface area contributed by atoms with Crippen molar-refractivity contribution < 1.29 is 4.79 Å². The first kappa shape index (κ1) is 19.4. The molecule has 0 atom stereocenters. The number of carbonyl (C=O) groups is 1. The van der Waals surface area contributed by atoms with Crippen molar-refractivity contribution in [2.75, 3.05) is 11.9 Å². The summed E-state index contributed by atoms with van der Waals surface area (Å²) < 4.78 is 2.90. The molecular formula is C24H21N5OS. The number of pyridine rings is 1. The number of anilines is 1. The van der Waals surface area contributed by atoms with Crippen LogP contribution in [0.4, 0.5) is 5.13 Å². The number of aromatic nitrogens is 4. The number of hydrogen-bond acceptors (Lipinski definition) is 5. The van der Waals surface area contributed by atoms with Gasteiger partial charge < -0.3 is 0 Å². The van der Waals surface area contributed by atoms with Gasteiger partial charge in [-0.15, -0.1) is 0 Å². The molecule has 0 saturated carbocycles. The standard InChI is InChI=1S/C24H21N5OS/c1-15-8-10-17(11-9-15)14-29-22-19(13-25-29)18(12-16(2)26-22)23(30)28(3)24-27-20-6-4-5-7-21(20)31-24/h4-13H,14H2,1-3H3. The highest BCUT2D eigenvalue weighted by atomic mass is 32.1. The third kappa shape index (κ3) is 3.57. The fraction of sp³-hybridized carbons (Fsp3) is 0.167. The van der Waals surface area contributed by atoms with Gasteiger partial charge in [0, 0.05) is 12.7 Å². The predicted octanol–water partition coefficient (Wildman–Crippen LogP) is 4.98. The highest BCUT2D eigenvalue weighted by molar-refractivity contribution is 7.22. The minimum absolute atomic E-state index is 0.121. The maximum absolute atomic E-state index is 13.4. The fourth-order valence-corrected chi connectivity index (χ4v) is 4.53. The summed E-state index contributed by atoms with van der Waals surface area (Å²) in [6, 6.07) is 18.1. The molecular weight excluding hydrogens is 406 g/mol. The van der Waals surface area contributed by atoms with Gasteiger partial charge in [0.25, 0.3) is 5.91 Å². The van der Waals surface area contributed by atoms with Gasteiger partial charge in [-0.25, -0.2) is 14.6 Å². The largest absolute Gasteiger partial charge is 0.287 e. The van der Waals surface area contributed by atoms with Crippen molar-refractivity contribution in [3.63, 3.8) is 0 Å². The molecule has 3 aromatic heterocycles. The molecule has 3 heterocycles. The van der Waals surface area contributed by atoms with Gasteiger partial charge in [-0.2, -0.15) is 5.10 Å². The second kappa shape index (κ2) is 7.59. The van der Waals surface area contributed by atoms with E-state index in [0.29, 0.717) is 22.9 Å². The molecule has 2 aromatic carbocycles. The number of amides is 1. The quantitative estimate of drug-likeness (QED) is 0.406. The zero-order valence-corrected chi connectivity index (χ0v) is 18.3. The van der Waals surface area contributed by atoms with Gasteiger partial charge in [-0.3, -0.25) is 9.69 Å². The van der Waals surface area contributed by atoms with Crippen LogP contribution in [0.15, 0.2) is 60.8 Å². The SMILES string of the molecule is Cc1ccc(Cn2ncc3c(C(=O)N(C)c4nc5ccccc5s4)cc(C)nc32)cc1. The van der Waals surface area contributed by atoms with Crippen molar-refractivity contribution in [3.8, 4) is 0 Å². The van der Waals surface area contributed by atoms with Crippen molar-refractivity contribution >= 4 is 43.6 Å². The normalized spacial score (nSPS) is 11.3. The minimum Gasteiger partial charge on any atom is -0.287 e. The lowest BCUT2D eigenvalue weighted by Gasteiger charge is -2.15. The lowest BCUT2D eigenvalue weighted by molar-refractivity contribution is 0.0994. The monoisotopic (exact) mass is 427 g/mol. The Hall–Kier alpha value is -3.58. The number of carbonyl (C=O) groups excluding carboxylic acids is 1. The Balaban J connectivity index is 1.52. The Morgan fingerprint density at radius 2 is 1.84 bits per heavy atom. The van der Waals surface area contributed by atoms with Crippen LogP contribution in [0.3, 0.4) is 0 Å². The van der Waals surface area contributed by atoms with E-state index in [-0.39, 0.29) is 5.91 Å². The van der Waals surface area contributed by atoms with Crippen molar-refractivity contribution in [1.29, 1.82) is 0 Å². The molecule has 154 valence electrons. The molecule has 0 radical (unpaired) electrons. The van der Waals surface area contributed by atoms with Crippen LogP contribution in [-0.4, -0.2) is 32.7 Å². The molecule has 0 spiro atoms. The van der Waals surface area contributed by atoms with Gasteiger partial charge in [-0.1, -0.05) is 53.3 Å². The van der Waals surface area contributed by atoms with E-state index in [4.69, 9.17) is 0 Å². The van der Waals surface area contributed by atoms with E-state index < -0.39 is 0 Å². The Morgan fingerprint density at radius 3 is 2.61 bits per heavy atom. The highest BCUT2D eigenvalue weighted by Crippen LogP contribution is 2.30.